The number of ether oxygens (including phenoxy) is 2. The molecule has 0 aliphatic carbocycles. The first-order valence-corrected chi connectivity index (χ1v) is 7.05. The summed E-state index contributed by atoms with van der Waals surface area (Å²) >= 11 is 0. The topological polar surface area (TPSA) is 52.6 Å². The second-order valence-electron chi connectivity index (χ2n) is 6.27. The molecule has 0 aliphatic rings. The van der Waals surface area contributed by atoms with E-state index in [1.165, 1.54) is 13.8 Å². The van der Waals surface area contributed by atoms with Gasteiger partial charge < -0.3 is 9.47 Å². The van der Waals surface area contributed by atoms with E-state index in [1.807, 2.05) is 52.0 Å². The Labute approximate surface area is 126 Å². The molecule has 4 nitrogen and oxygen atoms in total. The Morgan fingerprint density at radius 1 is 0.905 bits per heavy atom. The average Bonchev–Trinajstić information content (AvgIpc) is 2.34. The van der Waals surface area contributed by atoms with Crippen LogP contribution in [0.15, 0.2) is 24.3 Å². The summed E-state index contributed by atoms with van der Waals surface area (Å²) in [6.07, 6.45) is -0.605. The summed E-state index contributed by atoms with van der Waals surface area (Å²) in [5.41, 5.74) is 1.63. The highest BCUT2D eigenvalue weighted by molar-refractivity contribution is 5.66. The molecule has 1 aromatic carbocycles. The van der Waals surface area contributed by atoms with E-state index in [0.717, 1.165) is 11.1 Å². The third-order valence-corrected chi connectivity index (χ3v) is 3.12. The molecule has 0 fully saturated rings. The minimum atomic E-state index is -0.312. The normalized spacial score (nSPS) is 14.2. The van der Waals surface area contributed by atoms with Crippen molar-refractivity contribution in [1.29, 1.82) is 0 Å². The summed E-state index contributed by atoms with van der Waals surface area (Å²) in [6.45, 7) is 10.7. The van der Waals surface area contributed by atoms with E-state index in [-0.39, 0.29) is 29.6 Å². The maximum absolute atomic E-state index is 11.3. The van der Waals surface area contributed by atoms with Gasteiger partial charge in [-0.05, 0) is 18.1 Å². The molecule has 21 heavy (non-hydrogen) atoms. The number of rotatable bonds is 4. The van der Waals surface area contributed by atoms with Crippen molar-refractivity contribution in [1.82, 2.24) is 0 Å². The third kappa shape index (κ3) is 5.21. The van der Waals surface area contributed by atoms with Crippen molar-refractivity contribution in [2.75, 3.05) is 0 Å². The number of carbonyl (C=O) groups excluding carboxylic acids is 2. The molecule has 2 unspecified atom stereocenters. The van der Waals surface area contributed by atoms with Crippen molar-refractivity contribution in [2.45, 2.75) is 53.8 Å². The van der Waals surface area contributed by atoms with Gasteiger partial charge in [-0.2, -0.15) is 0 Å². The van der Waals surface area contributed by atoms with Gasteiger partial charge in [0.25, 0.3) is 0 Å². The smallest absolute Gasteiger partial charge is 0.303 e. The van der Waals surface area contributed by atoms with Crippen molar-refractivity contribution in [3.05, 3.63) is 35.4 Å². The summed E-state index contributed by atoms with van der Waals surface area (Å²) in [5.74, 6) is -0.605. The fourth-order valence-corrected chi connectivity index (χ4v) is 2.17. The molecule has 2 atom stereocenters. The van der Waals surface area contributed by atoms with E-state index in [0.29, 0.717) is 0 Å². The first kappa shape index (κ1) is 17.2. The van der Waals surface area contributed by atoms with Crippen molar-refractivity contribution < 1.29 is 19.1 Å². The molecule has 0 spiro atoms. The molecule has 1 rings (SSSR count). The van der Waals surface area contributed by atoms with Gasteiger partial charge in [-0.3, -0.25) is 9.59 Å². The van der Waals surface area contributed by atoms with Crippen LogP contribution in [0.5, 0.6) is 0 Å². The lowest BCUT2D eigenvalue weighted by Gasteiger charge is -2.30. The molecule has 0 saturated heterocycles. The van der Waals surface area contributed by atoms with Gasteiger partial charge in [-0.15, -0.1) is 0 Å². The lowest BCUT2D eigenvalue weighted by Crippen LogP contribution is -2.23. The van der Waals surface area contributed by atoms with Crippen LogP contribution in [-0.4, -0.2) is 11.9 Å². The van der Waals surface area contributed by atoms with Crippen LogP contribution in [0, 0.1) is 5.41 Å². The van der Waals surface area contributed by atoms with Crippen LogP contribution in [0.2, 0.25) is 0 Å². The van der Waals surface area contributed by atoms with E-state index in [4.69, 9.17) is 9.47 Å². The lowest BCUT2D eigenvalue weighted by atomic mass is 9.84. The highest BCUT2D eigenvalue weighted by Gasteiger charge is 2.29. The number of carbonyl (C=O) groups is 2. The summed E-state index contributed by atoms with van der Waals surface area (Å²) in [4.78, 5) is 22.3. The summed E-state index contributed by atoms with van der Waals surface area (Å²) < 4.78 is 10.6. The van der Waals surface area contributed by atoms with Gasteiger partial charge in [-0.1, -0.05) is 45.0 Å². The van der Waals surface area contributed by atoms with Crippen molar-refractivity contribution in [2.24, 2.45) is 5.41 Å². The zero-order valence-corrected chi connectivity index (χ0v) is 13.6. The molecule has 116 valence electrons. The number of benzene rings is 1. The SMILES string of the molecule is CC(=O)OC(C)c1ccc(C(OC(C)=O)C(C)(C)C)cc1. The predicted octanol–water partition coefficient (Wildman–Crippen LogP) is 3.96. The van der Waals surface area contributed by atoms with Gasteiger partial charge in [0.05, 0.1) is 0 Å². The molecule has 0 aliphatic heterocycles. The number of hydrogen-bond acceptors (Lipinski definition) is 4. The van der Waals surface area contributed by atoms with Crippen LogP contribution in [0.3, 0.4) is 0 Å². The first-order valence-electron chi connectivity index (χ1n) is 7.05. The van der Waals surface area contributed by atoms with Crippen molar-refractivity contribution in [3.63, 3.8) is 0 Å². The molecule has 4 heteroatoms. The highest BCUT2D eigenvalue weighted by Crippen LogP contribution is 2.36. The van der Waals surface area contributed by atoms with Gasteiger partial charge in [0, 0.05) is 19.3 Å². The Kier molecular flexibility index (Phi) is 5.53. The molecule has 0 amide bonds. The van der Waals surface area contributed by atoms with E-state index >= 15 is 0 Å². The van der Waals surface area contributed by atoms with Crippen molar-refractivity contribution in [3.8, 4) is 0 Å². The number of esters is 2. The van der Waals surface area contributed by atoms with Gasteiger partial charge in [0.1, 0.15) is 12.2 Å². The fourth-order valence-electron chi connectivity index (χ4n) is 2.17. The summed E-state index contributed by atoms with van der Waals surface area (Å²) in [6, 6.07) is 7.61. The van der Waals surface area contributed by atoms with Crippen LogP contribution in [0.25, 0.3) is 0 Å². The third-order valence-electron chi connectivity index (χ3n) is 3.12. The van der Waals surface area contributed by atoms with Crippen LogP contribution in [0.1, 0.15) is 64.9 Å². The second kappa shape index (κ2) is 6.74. The van der Waals surface area contributed by atoms with Crippen LogP contribution in [-0.2, 0) is 19.1 Å². The maximum atomic E-state index is 11.3. The zero-order valence-electron chi connectivity index (χ0n) is 13.6. The van der Waals surface area contributed by atoms with Crippen LogP contribution < -0.4 is 0 Å². The van der Waals surface area contributed by atoms with Gasteiger partial charge >= 0.3 is 11.9 Å². The Balaban J connectivity index is 2.97. The average molecular weight is 292 g/mol. The minimum absolute atomic E-state index is 0.200. The van der Waals surface area contributed by atoms with Crippen LogP contribution in [0.4, 0.5) is 0 Å². The van der Waals surface area contributed by atoms with Gasteiger partial charge in [0.2, 0.25) is 0 Å². The fraction of sp³-hybridized carbons (Fsp3) is 0.529. The minimum Gasteiger partial charge on any atom is -0.458 e. The Hall–Kier alpha value is -1.84. The molecule has 1 aromatic rings. The monoisotopic (exact) mass is 292 g/mol. The Morgan fingerprint density at radius 3 is 1.71 bits per heavy atom. The second-order valence-corrected chi connectivity index (χ2v) is 6.27. The van der Waals surface area contributed by atoms with Crippen LogP contribution >= 0.6 is 0 Å². The molecular weight excluding hydrogens is 268 g/mol. The zero-order chi connectivity index (χ0) is 16.2. The lowest BCUT2D eigenvalue weighted by molar-refractivity contribution is -0.152. The molecule has 0 aromatic heterocycles. The van der Waals surface area contributed by atoms with E-state index < -0.39 is 0 Å². The number of hydrogen-bond donors (Lipinski definition) is 0. The maximum Gasteiger partial charge on any atom is 0.303 e. The molecule has 0 N–H and O–H groups in total. The first-order chi connectivity index (χ1) is 9.61. The molecule has 0 heterocycles. The Morgan fingerprint density at radius 2 is 1.33 bits per heavy atom. The predicted molar refractivity (Wildman–Crippen MR) is 80.6 cm³/mol. The summed E-state index contributed by atoms with van der Waals surface area (Å²) in [7, 11) is 0. The largest absolute Gasteiger partial charge is 0.458 e. The standard InChI is InChI=1S/C17H24O4/c1-11(20-12(2)18)14-7-9-15(10-8-14)16(17(4,5)6)21-13(3)19/h7-11,16H,1-6H3. The summed E-state index contributed by atoms with van der Waals surface area (Å²) in [5, 5.41) is 0. The van der Waals surface area contributed by atoms with Gasteiger partial charge in [-0.25, -0.2) is 0 Å². The molecular formula is C17H24O4. The van der Waals surface area contributed by atoms with Crippen molar-refractivity contribution >= 4 is 11.9 Å². The Bertz CT molecular complexity index is 497. The van der Waals surface area contributed by atoms with E-state index in [2.05, 4.69) is 0 Å². The highest BCUT2D eigenvalue weighted by atomic mass is 16.5. The molecule has 0 saturated carbocycles. The molecule has 0 radical (unpaired) electrons. The quantitative estimate of drug-likeness (QED) is 0.788. The van der Waals surface area contributed by atoms with E-state index in [1.54, 1.807) is 0 Å². The molecule has 0 bridgehead atoms. The van der Waals surface area contributed by atoms with Gasteiger partial charge in [0.15, 0.2) is 0 Å². The van der Waals surface area contributed by atoms with E-state index in [9.17, 15) is 9.59 Å².